The zero-order valence-corrected chi connectivity index (χ0v) is 13.0. The van der Waals surface area contributed by atoms with Crippen molar-refractivity contribution in [3.05, 3.63) is 23.2 Å². The Morgan fingerprint density at radius 1 is 1.55 bits per heavy atom. The Morgan fingerprint density at radius 3 is 3.00 bits per heavy atom. The molecule has 112 valence electrons. The van der Waals surface area contributed by atoms with Crippen LogP contribution in [0.1, 0.15) is 19.8 Å². The van der Waals surface area contributed by atoms with Gasteiger partial charge in [-0.25, -0.2) is 0 Å². The largest absolute Gasteiger partial charge is 0.491 e. The van der Waals surface area contributed by atoms with Gasteiger partial charge in [-0.05, 0) is 37.6 Å². The van der Waals surface area contributed by atoms with E-state index >= 15 is 0 Å². The summed E-state index contributed by atoms with van der Waals surface area (Å²) in [6.07, 6.45) is 1.79. The summed E-state index contributed by atoms with van der Waals surface area (Å²) >= 11 is 5.97. The van der Waals surface area contributed by atoms with E-state index in [4.69, 9.17) is 16.3 Å². The molecule has 6 heteroatoms. The Labute approximate surface area is 130 Å². The molecule has 0 spiro atoms. The van der Waals surface area contributed by atoms with E-state index in [1.807, 2.05) is 6.92 Å². The van der Waals surface area contributed by atoms with Crippen molar-refractivity contribution in [1.29, 1.82) is 0 Å². The fraction of sp³-hybridized carbons (Fsp3) is 0.500. The number of hydrogen-bond donors (Lipinski definition) is 2. The molecule has 1 aromatic carbocycles. The van der Waals surface area contributed by atoms with Gasteiger partial charge in [-0.2, -0.15) is 0 Å². The highest BCUT2D eigenvalue weighted by atomic mass is 35.5. The predicted octanol–water partition coefficient (Wildman–Crippen LogP) is 3.10. The van der Waals surface area contributed by atoms with Gasteiger partial charge in [-0.1, -0.05) is 18.5 Å². The Bertz CT molecular complexity index is 449. The first-order chi connectivity index (χ1) is 9.20. The molecule has 2 rings (SSSR count). The van der Waals surface area contributed by atoms with Gasteiger partial charge < -0.3 is 15.4 Å². The van der Waals surface area contributed by atoms with Gasteiger partial charge in [0.05, 0.1) is 18.2 Å². The van der Waals surface area contributed by atoms with Gasteiger partial charge in [0.15, 0.2) is 0 Å². The van der Waals surface area contributed by atoms with Crippen molar-refractivity contribution in [2.45, 2.75) is 19.8 Å². The van der Waals surface area contributed by atoms with Crippen LogP contribution in [0.4, 0.5) is 5.69 Å². The zero-order chi connectivity index (χ0) is 13.7. The summed E-state index contributed by atoms with van der Waals surface area (Å²) in [5.41, 5.74) is 0.651. The lowest BCUT2D eigenvalue weighted by atomic mass is 10.1. The maximum Gasteiger partial charge on any atom is 0.228 e. The molecule has 1 amide bonds. The number of rotatable bonds is 5. The third-order valence-electron chi connectivity index (χ3n) is 3.09. The van der Waals surface area contributed by atoms with Crippen LogP contribution in [-0.4, -0.2) is 25.6 Å². The minimum atomic E-state index is 0. The van der Waals surface area contributed by atoms with Gasteiger partial charge in [0.2, 0.25) is 5.91 Å². The van der Waals surface area contributed by atoms with Crippen molar-refractivity contribution >= 4 is 35.6 Å². The second kappa shape index (κ2) is 8.35. The van der Waals surface area contributed by atoms with Crippen molar-refractivity contribution in [2.75, 3.05) is 25.0 Å². The van der Waals surface area contributed by atoms with Gasteiger partial charge in [-0.15, -0.1) is 12.4 Å². The Kier molecular flexibility index (Phi) is 7.13. The van der Waals surface area contributed by atoms with Crippen molar-refractivity contribution in [1.82, 2.24) is 5.32 Å². The summed E-state index contributed by atoms with van der Waals surface area (Å²) in [5, 5.41) is 6.68. The van der Waals surface area contributed by atoms with Gasteiger partial charge >= 0.3 is 0 Å². The third kappa shape index (κ3) is 4.54. The second-order valence-electron chi connectivity index (χ2n) is 4.67. The first kappa shape index (κ1) is 17.1. The first-order valence-electron chi connectivity index (χ1n) is 6.64. The molecule has 20 heavy (non-hydrogen) atoms. The molecule has 1 heterocycles. The normalized spacial score (nSPS) is 17.4. The Balaban J connectivity index is 0.00000200. The number of ether oxygens (including phenoxy) is 1. The van der Waals surface area contributed by atoms with Crippen LogP contribution in [0, 0.1) is 5.92 Å². The molecule has 1 saturated heterocycles. The number of amides is 1. The molecule has 0 radical (unpaired) electrons. The minimum Gasteiger partial charge on any atom is -0.491 e. The average molecular weight is 319 g/mol. The third-order valence-corrected chi connectivity index (χ3v) is 3.33. The van der Waals surface area contributed by atoms with Crippen molar-refractivity contribution in [3.63, 3.8) is 0 Å². The van der Waals surface area contributed by atoms with Crippen LogP contribution in [0.5, 0.6) is 5.75 Å². The summed E-state index contributed by atoms with van der Waals surface area (Å²) in [5.74, 6) is 0.720. The summed E-state index contributed by atoms with van der Waals surface area (Å²) in [7, 11) is 0. The smallest absolute Gasteiger partial charge is 0.228 e. The number of carbonyl (C=O) groups excluding carboxylic acids is 1. The molecule has 4 nitrogen and oxygen atoms in total. The van der Waals surface area contributed by atoms with E-state index < -0.39 is 0 Å². The maximum atomic E-state index is 12.1. The molecule has 1 unspecified atom stereocenters. The first-order valence-corrected chi connectivity index (χ1v) is 7.02. The van der Waals surface area contributed by atoms with Crippen molar-refractivity contribution in [3.8, 4) is 5.75 Å². The van der Waals surface area contributed by atoms with E-state index in [-0.39, 0.29) is 24.2 Å². The van der Waals surface area contributed by atoms with Gasteiger partial charge in [0.25, 0.3) is 0 Å². The molecule has 1 aromatic rings. The highest BCUT2D eigenvalue weighted by molar-refractivity contribution is 6.31. The minimum absolute atomic E-state index is 0. The average Bonchev–Trinajstić information content (AvgIpc) is 2.92. The van der Waals surface area contributed by atoms with Gasteiger partial charge in [0, 0.05) is 11.6 Å². The fourth-order valence-electron chi connectivity index (χ4n) is 2.05. The SMILES string of the molecule is CCCOc1ccc(Cl)cc1NC(=O)C1CCNC1.Cl. The maximum absolute atomic E-state index is 12.1. The lowest BCUT2D eigenvalue weighted by Crippen LogP contribution is -2.24. The van der Waals surface area contributed by atoms with Gasteiger partial charge in [0.1, 0.15) is 5.75 Å². The quantitative estimate of drug-likeness (QED) is 0.877. The summed E-state index contributed by atoms with van der Waals surface area (Å²) in [4.78, 5) is 12.1. The van der Waals surface area contributed by atoms with Gasteiger partial charge in [-0.3, -0.25) is 4.79 Å². The lowest BCUT2D eigenvalue weighted by molar-refractivity contribution is -0.119. The highest BCUT2D eigenvalue weighted by Gasteiger charge is 2.23. The molecule has 1 aliphatic heterocycles. The number of hydrogen-bond acceptors (Lipinski definition) is 3. The number of nitrogens with one attached hydrogen (secondary N) is 2. The van der Waals surface area contributed by atoms with Crippen LogP contribution in [-0.2, 0) is 4.79 Å². The van der Waals surface area contributed by atoms with Crippen molar-refractivity contribution < 1.29 is 9.53 Å². The van der Waals surface area contributed by atoms with Crippen molar-refractivity contribution in [2.24, 2.45) is 5.92 Å². The van der Waals surface area contributed by atoms with Crippen LogP contribution in [0.15, 0.2) is 18.2 Å². The van der Waals surface area contributed by atoms with Crippen LogP contribution in [0.25, 0.3) is 0 Å². The van der Waals surface area contributed by atoms with Crippen LogP contribution >= 0.6 is 24.0 Å². The molecular formula is C14H20Cl2N2O2. The van der Waals surface area contributed by atoms with E-state index in [0.29, 0.717) is 23.1 Å². The molecule has 2 N–H and O–H groups in total. The van der Waals surface area contributed by atoms with Crippen LogP contribution in [0.2, 0.25) is 5.02 Å². The standard InChI is InChI=1S/C14H19ClN2O2.ClH/c1-2-7-19-13-4-3-11(15)8-12(13)17-14(18)10-5-6-16-9-10;/h3-4,8,10,16H,2,5-7,9H2,1H3,(H,17,18);1H. The Hall–Kier alpha value is -0.970. The summed E-state index contributed by atoms with van der Waals surface area (Å²) < 4.78 is 5.62. The summed E-state index contributed by atoms with van der Waals surface area (Å²) in [6.45, 7) is 4.29. The molecule has 0 aromatic heterocycles. The van der Waals surface area contributed by atoms with E-state index in [0.717, 1.165) is 25.9 Å². The molecule has 1 atom stereocenters. The zero-order valence-electron chi connectivity index (χ0n) is 11.4. The number of anilines is 1. The fourth-order valence-corrected chi connectivity index (χ4v) is 2.22. The number of benzene rings is 1. The molecule has 0 bridgehead atoms. The van der Waals surface area contributed by atoms with E-state index in [1.165, 1.54) is 0 Å². The van der Waals surface area contributed by atoms with E-state index in [9.17, 15) is 4.79 Å². The molecule has 1 aliphatic rings. The predicted molar refractivity (Wildman–Crippen MR) is 84.1 cm³/mol. The molecular weight excluding hydrogens is 299 g/mol. The highest BCUT2D eigenvalue weighted by Crippen LogP contribution is 2.29. The van der Waals surface area contributed by atoms with E-state index in [2.05, 4.69) is 10.6 Å². The molecule has 0 aliphatic carbocycles. The monoisotopic (exact) mass is 318 g/mol. The Morgan fingerprint density at radius 2 is 2.35 bits per heavy atom. The number of carbonyl (C=O) groups is 1. The number of halogens is 2. The molecule has 1 fully saturated rings. The van der Waals surface area contributed by atoms with Crippen LogP contribution < -0.4 is 15.4 Å². The van der Waals surface area contributed by atoms with E-state index in [1.54, 1.807) is 18.2 Å². The lowest BCUT2D eigenvalue weighted by Gasteiger charge is -2.14. The topological polar surface area (TPSA) is 50.4 Å². The summed E-state index contributed by atoms with van der Waals surface area (Å²) in [6, 6.07) is 5.28. The van der Waals surface area contributed by atoms with Crippen LogP contribution in [0.3, 0.4) is 0 Å². The molecule has 0 saturated carbocycles. The second-order valence-corrected chi connectivity index (χ2v) is 5.10.